The van der Waals surface area contributed by atoms with Crippen LogP contribution in [-0.4, -0.2) is 53.1 Å². The molecule has 1 aliphatic heterocycles. The second-order valence-corrected chi connectivity index (χ2v) is 5.03. The highest BCUT2D eigenvalue weighted by Gasteiger charge is 2.29. The fraction of sp³-hybridized carbons (Fsp3) is 0.500. The maximum Gasteiger partial charge on any atom is 0.320 e. The van der Waals surface area contributed by atoms with E-state index in [1.807, 2.05) is 16.7 Å². The average Bonchev–Trinajstić information content (AvgIpc) is 2.48. The zero-order valence-corrected chi connectivity index (χ0v) is 11.9. The number of rotatable bonds is 5. The highest BCUT2D eigenvalue weighted by molar-refractivity contribution is 5.73. The minimum Gasteiger partial charge on any atom is -0.480 e. The maximum absolute atomic E-state index is 11.2. The van der Waals surface area contributed by atoms with Crippen molar-refractivity contribution in [2.45, 2.75) is 19.4 Å². The lowest BCUT2D eigenvalue weighted by Gasteiger charge is -2.38. The minimum absolute atomic E-state index is 0.0937. The van der Waals surface area contributed by atoms with E-state index >= 15 is 0 Å². The highest BCUT2D eigenvalue weighted by atomic mass is 16.6. The number of hydrogen-bond donors (Lipinski definition) is 1. The molecule has 0 radical (unpaired) electrons. The van der Waals surface area contributed by atoms with Crippen molar-refractivity contribution in [1.82, 2.24) is 4.90 Å². The molecule has 0 bridgehead atoms. The molecule has 7 nitrogen and oxygen atoms in total. The van der Waals surface area contributed by atoms with Crippen molar-refractivity contribution in [1.29, 1.82) is 0 Å². The SMILES string of the molecule is CCC(C(=O)O)N1CCN(c2ccccc2[N+](=O)[O-])CC1. The van der Waals surface area contributed by atoms with Gasteiger partial charge in [-0.2, -0.15) is 0 Å². The van der Waals surface area contributed by atoms with E-state index in [1.165, 1.54) is 6.07 Å². The van der Waals surface area contributed by atoms with Crippen LogP contribution < -0.4 is 4.90 Å². The molecule has 1 heterocycles. The van der Waals surface area contributed by atoms with E-state index in [1.54, 1.807) is 18.2 Å². The summed E-state index contributed by atoms with van der Waals surface area (Å²) in [6.07, 6.45) is 0.556. The number of nitrogens with zero attached hydrogens (tertiary/aromatic N) is 3. The summed E-state index contributed by atoms with van der Waals surface area (Å²) in [5, 5.41) is 20.2. The third-order valence-corrected chi connectivity index (χ3v) is 3.85. The normalized spacial score (nSPS) is 17.5. The molecule has 21 heavy (non-hydrogen) atoms. The molecule has 0 aliphatic carbocycles. The van der Waals surface area contributed by atoms with Crippen molar-refractivity contribution in [3.05, 3.63) is 34.4 Å². The average molecular weight is 293 g/mol. The van der Waals surface area contributed by atoms with Crippen LogP contribution in [0.25, 0.3) is 0 Å². The van der Waals surface area contributed by atoms with Crippen molar-refractivity contribution in [3.8, 4) is 0 Å². The van der Waals surface area contributed by atoms with Gasteiger partial charge in [-0.25, -0.2) is 0 Å². The number of anilines is 1. The molecule has 0 amide bonds. The zero-order valence-electron chi connectivity index (χ0n) is 11.9. The summed E-state index contributed by atoms with van der Waals surface area (Å²) < 4.78 is 0. The van der Waals surface area contributed by atoms with Crippen LogP contribution in [0.15, 0.2) is 24.3 Å². The predicted molar refractivity (Wildman–Crippen MR) is 78.6 cm³/mol. The summed E-state index contributed by atoms with van der Waals surface area (Å²) in [6, 6.07) is 6.18. The van der Waals surface area contributed by atoms with Crippen LogP contribution >= 0.6 is 0 Å². The second-order valence-electron chi connectivity index (χ2n) is 5.03. The van der Waals surface area contributed by atoms with Gasteiger partial charge >= 0.3 is 5.97 Å². The monoisotopic (exact) mass is 293 g/mol. The predicted octanol–water partition coefficient (Wildman–Crippen LogP) is 1.58. The number of benzene rings is 1. The molecule has 7 heteroatoms. The van der Waals surface area contributed by atoms with Crippen molar-refractivity contribution < 1.29 is 14.8 Å². The van der Waals surface area contributed by atoms with Gasteiger partial charge in [-0.05, 0) is 12.5 Å². The first kappa shape index (κ1) is 15.2. The summed E-state index contributed by atoms with van der Waals surface area (Å²) in [4.78, 5) is 25.7. The summed E-state index contributed by atoms with van der Waals surface area (Å²) in [5.41, 5.74) is 0.696. The fourth-order valence-electron chi connectivity index (χ4n) is 2.75. The number of piperazine rings is 1. The van der Waals surface area contributed by atoms with Gasteiger partial charge in [0.25, 0.3) is 5.69 Å². The Morgan fingerprint density at radius 2 is 1.95 bits per heavy atom. The molecule has 1 unspecified atom stereocenters. The Bertz CT molecular complexity index is 527. The van der Waals surface area contributed by atoms with Gasteiger partial charge in [0, 0.05) is 32.2 Å². The van der Waals surface area contributed by atoms with Gasteiger partial charge in [0.15, 0.2) is 0 Å². The molecule has 1 saturated heterocycles. The molecule has 1 aliphatic rings. The van der Waals surface area contributed by atoms with Crippen LogP contribution in [0.3, 0.4) is 0 Å². The van der Waals surface area contributed by atoms with Gasteiger partial charge < -0.3 is 10.0 Å². The number of carboxylic acid groups (broad SMARTS) is 1. The summed E-state index contributed by atoms with van der Waals surface area (Å²) >= 11 is 0. The van der Waals surface area contributed by atoms with Crippen LogP contribution in [0.4, 0.5) is 11.4 Å². The first-order chi connectivity index (χ1) is 10.0. The summed E-state index contributed by atoms with van der Waals surface area (Å²) in [7, 11) is 0. The van der Waals surface area contributed by atoms with E-state index in [0.717, 1.165) is 0 Å². The summed E-state index contributed by atoms with van der Waals surface area (Å²) in [5.74, 6) is -0.809. The first-order valence-electron chi connectivity index (χ1n) is 6.99. The number of carboxylic acids is 1. The fourth-order valence-corrected chi connectivity index (χ4v) is 2.75. The van der Waals surface area contributed by atoms with Crippen molar-refractivity contribution in [3.63, 3.8) is 0 Å². The van der Waals surface area contributed by atoms with Crippen molar-refractivity contribution in [2.24, 2.45) is 0 Å². The van der Waals surface area contributed by atoms with Crippen LogP contribution in [0.5, 0.6) is 0 Å². The Labute approximate surface area is 122 Å². The van der Waals surface area contributed by atoms with Gasteiger partial charge in [0.1, 0.15) is 11.7 Å². The zero-order chi connectivity index (χ0) is 15.4. The highest BCUT2D eigenvalue weighted by Crippen LogP contribution is 2.28. The van der Waals surface area contributed by atoms with E-state index in [0.29, 0.717) is 38.3 Å². The molecule has 1 aromatic rings. The number of nitro groups is 1. The lowest BCUT2D eigenvalue weighted by molar-refractivity contribution is -0.384. The van der Waals surface area contributed by atoms with Gasteiger partial charge in [-0.1, -0.05) is 19.1 Å². The topological polar surface area (TPSA) is 86.9 Å². The largest absolute Gasteiger partial charge is 0.480 e. The smallest absolute Gasteiger partial charge is 0.320 e. The number of hydrogen-bond acceptors (Lipinski definition) is 5. The second kappa shape index (κ2) is 6.53. The molecule has 2 rings (SSSR count). The van der Waals surface area contributed by atoms with E-state index in [2.05, 4.69) is 0 Å². The van der Waals surface area contributed by atoms with E-state index in [-0.39, 0.29) is 10.6 Å². The van der Waals surface area contributed by atoms with Gasteiger partial charge in [0.2, 0.25) is 0 Å². The van der Waals surface area contributed by atoms with Gasteiger partial charge in [-0.15, -0.1) is 0 Å². The molecule has 1 atom stereocenters. The lowest BCUT2D eigenvalue weighted by Crippen LogP contribution is -2.52. The third-order valence-electron chi connectivity index (χ3n) is 3.85. The lowest BCUT2D eigenvalue weighted by atomic mass is 10.1. The Morgan fingerprint density at radius 3 is 2.48 bits per heavy atom. The van der Waals surface area contributed by atoms with Crippen LogP contribution in [0, 0.1) is 10.1 Å². The number of para-hydroxylation sites is 2. The molecule has 1 N–H and O–H groups in total. The Kier molecular flexibility index (Phi) is 4.74. The number of nitro benzene ring substituents is 1. The maximum atomic E-state index is 11.2. The number of carbonyl (C=O) groups is 1. The van der Waals surface area contributed by atoms with E-state index in [4.69, 9.17) is 0 Å². The molecule has 114 valence electrons. The molecule has 0 saturated carbocycles. The van der Waals surface area contributed by atoms with Crippen molar-refractivity contribution in [2.75, 3.05) is 31.1 Å². The molecule has 0 spiro atoms. The standard InChI is InChI=1S/C14H19N3O4/c1-2-11(14(18)19)15-7-9-16(10-8-15)12-5-3-4-6-13(12)17(20)21/h3-6,11H,2,7-10H2,1H3,(H,18,19). The van der Waals surface area contributed by atoms with Crippen LogP contribution in [0.1, 0.15) is 13.3 Å². The summed E-state index contributed by atoms with van der Waals surface area (Å²) in [6.45, 7) is 4.23. The molecule has 0 aromatic heterocycles. The molecular weight excluding hydrogens is 274 g/mol. The van der Waals surface area contributed by atoms with E-state index < -0.39 is 12.0 Å². The van der Waals surface area contributed by atoms with E-state index in [9.17, 15) is 20.0 Å². The Balaban J connectivity index is 2.08. The Morgan fingerprint density at radius 1 is 1.33 bits per heavy atom. The van der Waals surface area contributed by atoms with Crippen LogP contribution in [-0.2, 0) is 4.79 Å². The Hall–Kier alpha value is -2.15. The van der Waals surface area contributed by atoms with Gasteiger partial charge in [0.05, 0.1) is 4.92 Å². The van der Waals surface area contributed by atoms with Crippen LogP contribution in [0.2, 0.25) is 0 Å². The van der Waals surface area contributed by atoms with Crippen molar-refractivity contribution >= 4 is 17.3 Å². The first-order valence-corrected chi connectivity index (χ1v) is 6.99. The number of aliphatic carboxylic acids is 1. The third kappa shape index (κ3) is 3.30. The minimum atomic E-state index is -0.809. The van der Waals surface area contributed by atoms with Gasteiger partial charge in [-0.3, -0.25) is 19.8 Å². The molecule has 1 fully saturated rings. The molecular formula is C14H19N3O4. The quantitative estimate of drug-likeness (QED) is 0.655. The molecule has 1 aromatic carbocycles.